The summed E-state index contributed by atoms with van der Waals surface area (Å²) in [6.07, 6.45) is 1.21. The maximum Gasteiger partial charge on any atom is 0.339 e. The van der Waals surface area contributed by atoms with E-state index in [1.807, 2.05) is 24.3 Å². The smallest absolute Gasteiger partial charge is 0.339 e. The summed E-state index contributed by atoms with van der Waals surface area (Å²) < 4.78 is 11.3. The van der Waals surface area contributed by atoms with Crippen LogP contribution < -0.4 is 5.32 Å². The molecule has 0 aliphatic carbocycles. The number of hydrogen-bond acceptors (Lipinski definition) is 5. The van der Waals surface area contributed by atoms with Crippen molar-refractivity contribution < 1.29 is 23.9 Å². The Kier molecular flexibility index (Phi) is 6.77. The second-order valence-electron chi connectivity index (χ2n) is 7.46. The fourth-order valence-corrected chi connectivity index (χ4v) is 4.38. The number of amides is 1. The lowest BCUT2D eigenvalue weighted by atomic mass is 9.82. The number of carbonyl (C=O) groups excluding carboxylic acids is 3. The van der Waals surface area contributed by atoms with Gasteiger partial charge < -0.3 is 19.8 Å². The molecule has 2 N–H and O–H groups in total. The van der Waals surface area contributed by atoms with Crippen LogP contribution in [-0.2, 0) is 26.2 Å². The number of carbonyl (C=O) groups is 3. The molecule has 0 unspecified atom stereocenters. The van der Waals surface area contributed by atoms with Crippen LogP contribution in [0.25, 0.3) is 0 Å². The third-order valence-corrected chi connectivity index (χ3v) is 6.00. The molecule has 160 valence electrons. The molecule has 1 aromatic carbocycles. The Morgan fingerprint density at radius 1 is 1.27 bits per heavy atom. The van der Waals surface area contributed by atoms with Crippen molar-refractivity contribution in [3.63, 3.8) is 0 Å². The number of Topliss-reactive ketones (excluding diaryl/α,β-unsaturated/α-hetero) is 1. The van der Waals surface area contributed by atoms with E-state index in [1.165, 1.54) is 14.0 Å². The van der Waals surface area contributed by atoms with Crippen LogP contribution in [0, 0.1) is 6.92 Å². The highest BCUT2D eigenvalue weighted by atomic mass is 79.9. The van der Waals surface area contributed by atoms with Gasteiger partial charge in [-0.2, -0.15) is 0 Å². The topological polar surface area (TPSA) is 97.5 Å². The molecule has 1 fully saturated rings. The van der Waals surface area contributed by atoms with Crippen LogP contribution in [0.1, 0.15) is 57.4 Å². The van der Waals surface area contributed by atoms with Gasteiger partial charge >= 0.3 is 5.97 Å². The number of ether oxygens (including phenoxy) is 2. The molecule has 1 aliphatic rings. The zero-order valence-electron chi connectivity index (χ0n) is 17.3. The van der Waals surface area contributed by atoms with Crippen LogP contribution in [-0.4, -0.2) is 43.0 Å². The van der Waals surface area contributed by atoms with Crippen LogP contribution in [0.15, 0.2) is 28.7 Å². The normalized spacial score (nSPS) is 15.5. The number of ketones is 1. The highest BCUT2D eigenvalue weighted by Gasteiger charge is 2.36. The molecule has 1 amide bonds. The van der Waals surface area contributed by atoms with Crippen LogP contribution >= 0.6 is 15.9 Å². The second kappa shape index (κ2) is 9.14. The summed E-state index contributed by atoms with van der Waals surface area (Å²) in [5.41, 5.74) is 1.85. The van der Waals surface area contributed by atoms with Gasteiger partial charge in [0.15, 0.2) is 5.78 Å². The fraction of sp³-hybridized carbons (Fsp3) is 0.409. The Morgan fingerprint density at radius 2 is 1.97 bits per heavy atom. The molecule has 1 aromatic heterocycles. The number of halogens is 1. The summed E-state index contributed by atoms with van der Waals surface area (Å²) in [5, 5.41) is 3.17. The number of H-pyrrole nitrogens is 1. The predicted molar refractivity (Wildman–Crippen MR) is 115 cm³/mol. The lowest BCUT2D eigenvalue weighted by molar-refractivity contribution is -0.123. The molecule has 2 aromatic rings. The third-order valence-electron chi connectivity index (χ3n) is 5.51. The zero-order chi connectivity index (χ0) is 21.9. The monoisotopic (exact) mass is 476 g/mol. The third kappa shape index (κ3) is 4.49. The van der Waals surface area contributed by atoms with E-state index in [-0.39, 0.29) is 23.7 Å². The summed E-state index contributed by atoms with van der Waals surface area (Å²) in [6.45, 7) is 4.16. The number of aromatic nitrogens is 1. The van der Waals surface area contributed by atoms with Crippen molar-refractivity contribution in [2.24, 2.45) is 0 Å². The summed E-state index contributed by atoms with van der Waals surface area (Å²) in [6, 6.07) is 7.86. The van der Waals surface area contributed by atoms with Gasteiger partial charge in [0, 0.05) is 30.3 Å². The van der Waals surface area contributed by atoms with Gasteiger partial charge in [-0.15, -0.1) is 0 Å². The van der Waals surface area contributed by atoms with Crippen molar-refractivity contribution in [2.75, 3.05) is 20.3 Å². The first kappa shape index (κ1) is 22.2. The Morgan fingerprint density at radius 3 is 2.57 bits per heavy atom. The minimum absolute atomic E-state index is 0.0742. The second-order valence-corrected chi connectivity index (χ2v) is 8.37. The molecule has 2 heterocycles. The van der Waals surface area contributed by atoms with Crippen LogP contribution in [0.4, 0.5) is 0 Å². The zero-order valence-corrected chi connectivity index (χ0v) is 18.9. The number of rotatable bonds is 6. The molecule has 1 aliphatic heterocycles. The SMILES string of the molecule is COC(=O)c1c(CC(=O)NC2(c3cccc(Br)c3)CCOCC2)[nH]c(C(C)=O)c1C. The van der Waals surface area contributed by atoms with E-state index >= 15 is 0 Å². The predicted octanol–water partition coefficient (Wildman–Crippen LogP) is 3.44. The average molecular weight is 477 g/mol. The van der Waals surface area contributed by atoms with Crippen LogP contribution in [0.2, 0.25) is 0 Å². The van der Waals surface area contributed by atoms with Crippen molar-refractivity contribution in [1.82, 2.24) is 10.3 Å². The summed E-state index contributed by atoms with van der Waals surface area (Å²) in [7, 11) is 1.27. The quantitative estimate of drug-likeness (QED) is 0.491. The van der Waals surface area contributed by atoms with Gasteiger partial charge in [0.05, 0.1) is 30.3 Å². The van der Waals surface area contributed by atoms with E-state index in [9.17, 15) is 14.4 Å². The van der Waals surface area contributed by atoms with Gasteiger partial charge in [-0.3, -0.25) is 9.59 Å². The minimum Gasteiger partial charge on any atom is -0.465 e. The fourth-order valence-electron chi connectivity index (χ4n) is 3.98. The molecular weight excluding hydrogens is 452 g/mol. The van der Waals surface area contributed by atoms with Gasteiger partial charge in [-0.1, -0.05) is 28.1 Å². The van der Waals surface area contributed by atoms with Gasteiger partial charge in [-0.25, -0.2) is 4.79 Å². The number of methoxy groups -OCH3 is 1. The maximum atomic E-state index is 13.1. The van der Waals surface area contributed by atoms with Gasteiger partial charge in [-0.05, 0) is 43.0 Å². The molecule has 1 saturated heterocycles. The number of benzene rings is 1. The molecule has 3 rings (SSSR count). The molecule has 0 saturated carbocycles. The first-order chi connectivity index (χ1) is 14.3. The summed E-state index contributed by atoms with van der Waals surface area (Å²) in [5.74, 6) is -1.04. The average Bonchev–Trinajstić information content (AvgIpc) is 3.04. The van der Waals surface area contributed by atoms with Gasteiger partial charge in [0.2, 0.25) is 5.91 Å². The highest BCUT2D eigenvalue weighted by Crippen LogP contribution is 2.34. The molecule has 7 nitrogen and oxygen atoms in total. The number of nitrogens with one attached hydrogen (secondary N) is 2. The Hall–Kier alpha value is -2.45. The Bertz CT molecular complexity index is 976. The van der Waals surface area contributed by atoms with E-state index in [4.69, 9.17) is 9.47 Å². The molecule has 30 heavy (non-hydrogen) atoms. The molecule has 8 heteroatoms. The van der Waals surface area contributed by atoms with E-state index in [0.29, 0.717) is 43.0 Å². The minimum atomic E-state index is -0.577. The van der Waals surface area contributed by atoms with Crippen molar-refractivity contribution in [1.29, 1.82) is 0 Å². The number of hydrogen-bond donors (Lipinski definition) is 2. The van der Waals surface area contributed by atoms with E-state index in [0.717, 1.165) is 10.0 Å². The first-order valence-corrected chi connectivity index (χ1v) is 10.5. The molecule has 0 spiro atoms. The lowest BCUT2D eigenvalue weighted by Crippen LogP contribution is -2.50. The Balaban J connectivity index is 1.90. The highest BCUT2D eigenvalue weighted by molar-refractivity contribution is 9.10. The maximum absolute atomic E-state index is 13.1. The van der Waals surface area contributed by atoms with Crippen molar-refractivity contribution in [3.8, 4) is 0 Å². The lowest BCUT2D eigenvalue weighted by Gasteiger charge is -2.38. The summed E-state index contributed by atoms with van der Waals surface area (Å²) in [4.78, 5) is 40.2. The van der Waals surface area contributed by atoms with E-state index < -0.39 is 11.5 Å². The van der Waals surface area contributed by atoms with Crippen molar-refractivity contribution in [3.05, 3.63) is 56.8 Å². The van der Waals surface area contributed by atoms with E-state index in [1.54, 1.807) is 6.92 Å². The van der Waals surface area contributed by atoms with Gasteiger partial charge in [0.25, 0.3) is 0 Å². The molecular formula is C22H25BrN2O5. The molecule has 0 bridgehead atoms. The van der Waals surface area contributed by atoms with Crippen molar-refractivity contribution in [2.45, 2.75) is 38.6 Å². The Labute approximate surface area is 183 Å². The van der Waals surface area contributed by atoms with Gasteiger partial charge in [0.1, 0.15) is 0 Å². The van der Waals surface area contributed by atoms with Crippen LogP contribution in [0.3, 0.4) is 0 Å². The summed E-state index contributed by atoms with van der Waals surface area (Å²) >= 11 is 3.50. The molecule has 0 radical (unpaired) electrons. The first-order valence-electron chi connectivity index (χ1n) is 9.73. The number of aromatic amines is 1. The number of esters is 1. The molecule has 0 atom stereocenters. The van der Waals surface area contributed by atoms with E-state index in [2.05, 4.69) is 26.2 Å². The van der Waals surface area contributed by atoms with Crippen LogP contribution in [0.5, 0.6) is 0 Å². The largest absolute Gasteiger partial charge is 0.465 e. The van der Waals surface area contributed by atoms with Crippen molar-refractivity contribution >= 4 is 33.6 Å². The standard InChI is InChI=1S/C22H25BrN2O5/c1-13-19(21(28)29-3)17(24-20(13)14(2)26)12-18(27)25-22(7-9-30-10-8-22)15-5-4-6-16(23)11-15/h4-6,11,24H,7-10,12H2,1-3H3,(H,25,27).